The van der Waals surface area contributed by atoms with Gasteiger partial charge in [0.2, 0.25) is 0 Å². The molecule has 0 aliphatic rings. The number of aromatic nitrogens is 3. The molecule has 0 amide bonds. The largest absolute Gasteiger partial charge is 0.477 e. The van der Waals surface area contributed by atoms with Crippen molar-refractivity contribution in [2.45, 2.75) is 20.4 Å². The van der Waals surface area contributed by atoms with Crippen molar-refractivity contribution in [2.24, 2.45) is 5.92 Å². The summed E-state index contributed by atoms with van der Waals surface area (Å²) in [7, 11) is 0. The van der Waals surface area contributed by atoms with E-state index in [1.54, 1.807) is 10.7 Å². The first-order chi connectivity index (χ1) is 7.09. The van der Waals surface area contributed by atoms with Crippen LogP contribution in [-0.4, -0.2) is 25.3 Å². The minimum atomic E-state index is -0.936. The van der Waals surface area contributed by atoms with Gasteiger partial charge in [-0.05, 0) is 5.92 Å². The summed E-state index contributed by atoms with van der Waals surface area (Å²) in [6.45, 7) is 4.98. The van der Waals surface area contributed by atoms with E-state index in [0.717, 1.165) is 6.54 Å². The monoisotopic (exact) mass is 207 g/mol. The highest BCUT2D eigenvalue weighted by atomic mass is 16.4. The van der Waals surface area contributed by atoms with E-state index in [0.29, 0.717) is 11.6 Å². The second-order valence-electron chi connectivity index (χ2n) is 3.98. The van der Waals surface area contributed by atoms with Gasteiger partial charge in [-0.15, -0.1) is 0 Å². The van der Waals surface area contributed by atoms with Gasteiger partial charge in [0.05, 0.1) is 6.20 Å². The van der Waals surface area contributed by atoms with Crippen LogP contribution in [0.25, 0.3) is 5.65 Å². The Kier molecular flexibility index (Phi) is 2.22. The van der Waals surface area contributed by atoms with Gasteiger partial charge in [0.25, 0.3) is 0 Å². The van der Waals surface area contributed by atoms with Gasteiger partial charge in [0.1, 0.15) is 11.2 Å². The molecule has 2 aromatic heterocycles. The molecule has 0 radical (unpaired) electrons. The predicted octanol–water partition coefficient (Wildman–Crippen LogP) is 1.49. The van der Waals surface area contributed by atoms with Crippen molar-refractivity contribution >= 4 is 11.6 Å². The molecule has 5 heteroatoms. The van der Waals surface area contributed by atoms with Crippen LogP contribution in [0.3, 0.4) is 0 Å². The van der Waals surface area contributed by atoms with Crippen LogP contribution in [0, 0.1) is 5.92 Å². The zero-order valence-electron chi connectivity index (χ0n) is 8.71. The van der Waals surface area contributed by atoms with E-state index in [1.165, 1.54) is 6.20 Å². The fourth-order valence-corrected chi connectivity index (χ4v) is 1.66. The molecule has 15 heavy (non-hydrogen) atoms. The Morgan fingerprint density at radius 3 is 2.87 bits per heavy atom. The Morgan fingerprint density at radius 1 is 1.53 bits per heavy atom. The van der Waals surface area contributed by atoms with Gasteiger partial charge >= 0.3 is 5.97 Å². The molecule has 2 aromatic rings. The number of rotatable bonds is 3. The second kappa shape index (κ2) is 3.42. The molecular formula is C10H13N3O2. The number of carbonyl (C=O) groups is 1. The van der Waals surface area contributed by atoms with Crippen molar-refractivity contribution in [3.63, 3.8) is 0 Å². The van der Waals surface area contributed by atoms with E-state index >= 15 is 0 Å². The molecule has 5 nitrogen and oxygen atoms in total. The van der Waals surface area contributed by atoms with Crippen molar-refractivity contribution in [2.75, 3.05) is 0 Å². The van der Waals surface area contributed by atoms with Crippen molar-refractivity contribution in [1.82, 2.24) is 14.2 Å². The van der Waals surface area contributed by atoms with Crippen LogP contribution in [0.4, 0.5) is 0 Å². The Hall–Kier alpha value is -1.78. The maximum atomic E-state index is 10.9. The van der Waals surface area contributed by atoms with E-state index in [1.807, 2.05) is 10.8 Å². The van der Waals surface area contributed by atoms with Crippen molar-refractivity contribution in [1.29, 1.82) is 0 Å². The van der Waals surface area contributed by atoms with Crippen LogP contribution in [0.5, 0.6) is 0 Å². The second-order valence-corrected chi connectivity index (χ2v) is 3.98. The quantitative estimate of drug-likeness (QED) is 0.829. The summed E-state index contributed by atoms with van der Waals surface area (Å²) in [5, 5.41) is 13.0. The summed E-state index contributed by atoms with van der Waals surface area (Å²) in [5.74, 6) is -0.466. The minimum absolute atomic E-state index is 0.251. The molecule has 0 bridgehead atoms. The highest BCUT2D eigenvalue weighted by molar-refractivity contribution is 5.94. The summed E-state index contributed by atoms with van der Waals surface area (Å²) in [6, 6.07) is 0. The lowest BCUT2D eigenvalue weighted by Crippen LogP contribution is -2.06. The summed E-state index contributed by atoms with van der Waals surface area (Å²) >= 11 is 0. The molecule has 0 atom stereocenters. The molecule has 0 fully saturated rings. The number of carboxylic acids is 1. The average molecular weight is 207 g/mol. The Bertz CT molecular complexity index is 496. The van der Waals surface area contributed by atoms with E-state index < -0.39 is 5.97 Å². The van der Waals surface area contributed by atoms with E-state index in [2.05, 4.69) is 18.9 Å². The van der Waals surface area contributed by atoms with Crippen LogP contribution in [-0.2, 0) is 6.54 Å². The molecule has 0 saturated carbocycles. The normalized spacial score (nSPS) is 11.4. The average Bonchev–Trinajstić information content (AvgIpc) is 2.66. The molecule has 1 N–H and O–H groups in total. The first kappa shape index (κ1) is 9.76. The maximum absolute atomic E-state index is 10.9. The number of hydrogen-bond donors (Lipinski definition) is 1. The Morgan fingerprint density at radius 2 is 2.27 bits per heavy atom. The molecule has 0 aliphatic heterocycles. The summed E-state index contributed by atoms with van der Waals surface area (Å²) < 4.78 is 3.51. The van der Waals surface area contributed by atoms with E-state index in [4.69, 9.17) is 5.11 Å². The van der Waals surface area contributed by atoms with Gasteiger partial charge in [-0.3, -0.25) is 0 Å². The molecule has 0 spiro atoms. The van der Waals surface area contributed by atoms with Crippen LogP contribution in [0.2, 0.25) is 0 Å². The standard InChI is InChI=1S/C10H13N3O2/c1-7(2)6-12-3-4-13-9(12)8(5-11-13)10(14)15/h3-5,7H,6H2,1-2H3,(H,14,15). The van der Waals surface area contributed by atoms with Crippen LogP contribution >= 0.6 is 0 Å². The molecule has 80 valence electrons. The molecule has 0 aromatic carbocycles. The van der Waals surface area contributed by atoms with Crippen molar-refractivity contribution < 1.29 is 9.90 Å². The molecule has 0 aliphatic carbocycles. The minimum Gasteiger partial charge on any atom is -0.477 e. The third-order valence-corrected chi connectivity index (χ3v) is 2.22. The Labute approximate surface area is 86.9 Å². The Balaban J connectivity index is 2.55. The van der Waals surface area contributed by atoms with Gasteiger partial charge in [-0.1, -0.05) is 13.8 Å². The zero-order chi connectivity index (χ0) is 11.0. The number of imidazole rings is 1. The smallest absolute Gasteiger partial charge is 0.341 e. The zero-order valence-corrected chi connectivity index (χ0v) is 8.71. The van der Waals surface area contributed by atoms with Crippen LogP contribution < -0.4 is 0 Å². The molecule has 0 unspecified atom stereocenters. The highest BCUT2D eigenvalue weighted by Gasteiger charge is 2.15. The van der Waals surface area contributed by atoms with E-state index in [9.17, 15) is 4.79 Å². The van der Waals surface area contributed by atoms with Crippen LogP contribution in [0.15, 0.2) is 18.6 Å². The summed E-state index contributed by atoms with van der Waals surface area (Å²) in [6.07, 6.45) is 5.01. The fourth-order valence-electron chi connectivity index (χ4n) is 1.66. The summed E-state index contributed by atoms with van der Waals surface area (Å²) in [5.41, 5.74) is 0.900. The molecule has 2 rings (SSSR count). The highest BCUT2D eigenvalue weighted by Crippen LogP contribution is 2.13. The molecule has 2 heterocycles. The topological polar surface area (TPSA) is 59.5 Å². The number of aromatic carboxylic acids is 1. The third-order valence-electron chi connectivity index (χ3n) is 2.22. The predicted molar refractivity (Wildman–Crippen MR) is 55.0 cm³/mol. The lowest BCUT2D eigenvalue weighted by molar-refractivity contribution is 0.0698. The number of hydrogen-bond acceptors (Lipinski definition) is 2. The fraction of sp³-hybridized carbons (Fsp3) is 0.400. The van der Waals surface area contributed by atoms with Gasteiger partial charge in [0, 0.05) is 18.9 Å². The van der Waals surface area contributed by atoms with Crippen LogP contribution in [0.1, 0.15) is 24.2 Å². The van der Waals surface area contributed by atoms with Crippen molar-refractivity contribution in [3.8, 4) is 0 Å². The van der Waals surface area contributed by atoms with Gasteiger partial charge in [-0.2, -0.15) is 5.10 Å². The van der Waals surface area contributed by atoms with Gasteiger partial charge in [-0.25, -0.2) is 9.31 Å². The number of nitrogens with zero attached hydrogens (tertiary/aromatic N) is 3. The van der Waals surface area contributed by atoms with Crippen molar-refractivity contribution in [3.05, 3.63) is 24.2 Å². The molecular weight excluding hydrogens is 194 g/mol. The summed E-state index contributed by atoms with van der Waals surface area (Å²) in [4.78, 5) is 10.9. The first-order valence-electron chi connectivity index (χ1n) is 4.85. The lowest BCUT2D eigenvalue weighted by Gasteiger charge is -2.06. The SMILES string of the molecule is CC(C)Cn1ccn2ncc(C(=O)O)c12. The lowest BCUT2D eigenvalue weighted by atomic mass is 10.2. The third kappa shape index (κ3) is 1.60. The van der Waals surface area contributed by atoms with Gasteiger partial charge in [0.15, 0.2) is 0 Å². The molecule has 0 saturated heterocycles. The number of fused-ring (bicyclic) bond motifs is 1. The maximum Gasteiger partial charge on any atom is 0.341 e. The van der Waals surface area contributed by atoms with Gasteiger partial charge < -0.3 is 9.67 Å². The first-order valence-corrected chi connectivity index (χ1v) is 4.85. The number of carboxylic acid groups (broad SMARTS) is 1. The van der Waals surface area contributed by atoms with E-state index in [-0.39, 0.29) is 5.56 Å².